The predicted molar refractivity (Wildman–Crippen MR) is 124 cm³/mol. The monoisotopic (exact) mass is 437 g/mol. The van der Waals surface area contributed by atoms with Crippen LogP contribution in [-0.2, 0) is 0 Å². The normalized spacial score (nSPS) is 14.1. The third-order valence-corrected chi connectivity index (χ3v) is 5.39. The predicted octanol–water partition coefficient (Wildman–Crippen LogP) is 2.07. The van der Waals surface area contributed by atoms with Gasteiger partial charge < -0.3 is 19.3 Å². The lowest BCUT2D eigenvalue weighted by atomic mass is 10.2. The fraction of sp³-hybridized carbons (Fsp3) is 0.286. The van der Waals surface area contributed by atoms with Gasteiger partial charge in [-0.3, -0.25) is 10.4 Å². The van der Waals surface area contributed by atoms with E-state index in [-0.39, 0.29) is 0 Å². The lowest BCUT2D eigenvalue weighted by Gasteiger charge is -2.36. The summed E-state index contributed by atoms with van der Waals surface area (Å²) in [5.41, 5.74) is 4.66. The molecule has 0 spiro atoms. The minimum atomic E-state index is 0.596. The third-order valence-electron chi connectivity index (χ3n) is 5.04. The summed E-state index contributed by atoms with van der Waals surface area (Å²) in [6, 6.07) is 7.59. The van der Waals surface area contributed by atoms with Crippen molar-refractivity contribution in [2.75, 3.05) is 45.3 Å². The zero-order valence-electron chi connectivity index (χ0n) is 17.4. The Hall–Kier alpha value is -3.53. The van der Waals surface area contributed by atoms with Crippen LogP contribution < -0.4 is 19.8 Å². The van der Waals surface area contributed by atoms with Crippen molar-refractivity contribution in [1.82, 2.24) is 25.3 Å². The smallest absolute Gasteiger partial charge is 0.189 e. The maximum Gasteiger partial charge on any atom is 0.189 e. The molecule has 3 heterocycles. The number of hydrogen-bond donors (Lipinski definition) is 1. The number of pyridine rings is 1. The zero-order valence-corrected chi connectivity index (χ0v) is 18.2. The summed E-state index contributed by atoms with van der Waals surface area (Å²) in [6.07, 6.45) is 6.74. The van der Waals surface area contributed by atoms with Gasteiger partial charge in [-0.2, -0.15) is 5.10 Å². The highest BCUT2D eigenvalue weighted by atomic mass is 32.1. The number of hydrogen-bond acceptors (Lipinski definition) is 8. The van der Waals surface area contributed by atoms with Crippen LogP contribution in [0.4, 0.5) is 5.82 Å². The van der Waals surface area contributed by atoms with E-state index in [2.05, 4.69) is 35.3 Å². The van der Waals surface area contributed by atoms with Crippen molar-refractivity contribution in [3.8, 4) is 11.5 Å². The van der Waals surface area contributed by atoms with Crippen molar-refractivity contribution in [1.29, 1.82) is 0 Å². The summed E-state index contributed by atoms with van der Waals surface area (Å²) >= 11 is 5.49. The second-order valence-corrected chi connectivity index (χ2v) is 7.24. The van der Waals surface area contributed by atoms with Gasteiger partial charge in [0.1, 0.15) is 12.1 Å². The molecule has 1 aliphatic heterocycles. The molecular formula is C21H23N7O2S. The van der Waals surface area contributed by atoms with Crippen molar-refractivity contribution in [3.05, 3.63) is 48.5 Å². The SMILES string of the molecule is COc1cc2ncnc(N3CCN(C(=S)NN=Cc4cccnc4)CC3)c2cc1OC. The summed E-state index contributed by atoms with van der Waals surface area (Å²) in [5, 5.41) is 5.73. The van der Waals surface area contributed by atoms with Crippen LogP contribution in [0.2, 0.25) is 0 Å². The highest BCUT2D eigenvalue weighted by Gasteiger charge is 2.22. The first-order valence-electron chi connectivity index (χ1n) is 9.79. The molecule has 4 rings (SSSR count). The fourth-order valence-electron chi connectivity index (χ4n) is 3.43. The number of rotatable bonds is 5. The van der Waals surface area contributed by atoms with E-state index < -0.39 is 0 Å². The van der Waals surface area contributed by atoms with Crippen molar-refractivity contribution >= 4 is 40.3 Å². The molecular weight excluding hydrogens is 414 g/mol. The lowest BCUT2D eigenvalue weighted by Crippen LogP contribution is -2.51. The summed E-state index contributed by atoms with van der Waals surface area (Å²) < 4.78 is 10.8. The van der Waals surface area contributed by atoms with Crippen LogP contribution in [0, 0.1) is 0 Å². The number of hydrazone groups is 1. The van der Waals surface area contributed by atoms with Crippen LogP contribution in [0.25, 0.3) is 10.9 Å². The van der Waals surface area contributed by atoms with Gasteiger partial charge in [0.15, 0.2) is 16.6 Å². The Kier molecular flexibility index (Phi) is 6.37. The average molecular weight is 438 g/mol. The number of anilines is 1. The molecule has 0 unspecified atom stereocenters. The first kappa shape index (κ1) is 20.7. The first-order valence-corrected chi connectivity index (χ1v) is 10.2. The van der Waals surface area contributed by atoms with Crippen LogP contribution >= 0.6 is 12.2 Å². The molecule has 0 bridgehead atoms. The summed E-state index contributed by atoms with van der Waals surface area (Å²) in [5.74, 6) is 2.17. The van der Waals surface area contributed by atoms with Gasteiger partial charge in [0.05, 0.1) is 26.0 Å². The van der Waals surface area contributed by atoms with Gasteiger partial charge in [-0.1, -0.05) is 6.07 Å². The molecule has 9 nitrogen and oxygen atoms in total. The minimum Gasteiger partial charge on any atom is -0.493 e. The molecule has 0 amide bonds. The van der Waals surface area contributed by atoms with E-state index in [9.17, 15) is 0 Å². The van der Waals surface area contributed by atoms with E-state index in [0.717, 1.165) is 48.5 Å². The second-order valence-electron chi connectivity index (χ2n) is 6.86. The van der Waals surface area contributed by atoms with Crippen molar-refractivity contribution in [3.63, 3.8) is 0 Å². The number of nitrogens with one attached hydrogen (secondary N) is 1. The lowest BCUT2D eigenvalue weighted by molar-refractivity contribution is 0.355. The zero-order chi connectivity index (χ0) is 21.6. The number of nitrogens with zero attached hydrogens (tertiary/aromatic N) is 6. The number of piperazine rings is 1. The highest BCUT2D eigenvalue weighted by Crippen LogP contribution is 2.34. The Morgan fingerprint density at radius 3 is 2.61 bits per heavy atom. The Bertz CT molecular complexity index is 1090. The van der Waals surface area contributed by atoms with E-state index in [1.807, 2.05) is 24.3 Å². The Morgan fingerprint density at radius 2 is 1.90 bits per heavy atom. The Morgan fingerprint density at radius 1 is 1.13 bits per heavy atom. The molecule has 1 fully saturated rings. The van der Waals surface area contributed by atoms with Gasteiger partial charge in [0.25, 0.3) is 0 Å². The molecule has 2 aromatic heterocycles. The quantitative estimate of drug-likeness (QED) is 0.366. The van der Waals surface area contributed by atoms with Crippen molar-refractivity contribution < 1.29 is 9.47 Å². The van der Waals surface area contributed by atoms with Gasteiger partial charge in [-0.05, 0) is 24.4 Å². The Labute approximate surface area is 185 Å². The van der Waals surface area contributed by atoms with Crippen LogP contribution in [0.5, 0.6) is 11.5 Å². The molecule has 3 aromatic rings. The van der Waals surface area contributed by atoms with Crippen molar-refractivity contribution in [2.24, 2.45) is 5.10 Å². The largest absolute Gasteiger partial charge is 0.493 e. The molecule has 1 aliphatic rings. The highest BCUT2D eigenvalue weighted by molar-refractivity contribution is 7.80. The van der Waals surface area contributed by atoms with Gasteiger partial charge in [-0.25, -0.2) is 9.97 Å². The van der Waals surface area contributed by atoms with E-state index in [4.69, 9.17) is 21.7 Å². The van der Waals surface area contributed by atoms with Crippen molar-refractivity contribution in [2.45, 2.75) is 0 Å². The Balaban J connectivity index is 1.42. The summed E-state index contributed by atoms with van der Waals surface area (Å²) in [4.78, 5) is 17.3. The topological polar surface area (TPSA) is 88.0 Å². The molecule has 0 atom stereocenters. The van der Waals surface area contributed by atoms with Crippen LogP contribution in [0.3, 0.4) is 0 Å². The minimum absolute atomic E-state index is 0.596. The molecule has 0 radical (unpaired) electrons. The molecule has 31 heavy (non-hydrogen) atoms. The van der Waals surface area contributed by atoms with E-state index >= 15 is 0 Å². The number of benzene rings is 1. The fourth-order valence-corrected chi connectivity index (χ4v) is 3.66. The molecule has 1 aromatic carbocycles. The van der Waals surface area contributed by atoms with E-state index in [1.165, 1.54) is 0 Å². The molecule has 1 saturated heterocycles. The van der Waals surface area contributed by atoms with E-state index in [0.29, 0.717) is 16.6 Å². The van der Waals surface area contributed by atoms with Crippen LogP contribution in [-0.4, -0.2) is 71.6 Å². The maximum absolute atomic E-state index is 5.49. The summed E-state index contributed by atoms with van der Waals surface area (Å²) in [6.45, 7) is 3.06. The summed E-state index contributed by atoms with van der Waals surface area (Å²) in [7, 11) is 3.24. The third kappa shape index (κ3) is 4.64. The molecule has 0 aliphatic carbocycles. The molecule has 160 valence electrons. The second kappa shape index (κ2) is 9.52. The van der Waals surface area contributed by atoms with Gasteiger partial charge >= 0.3 is 0 Å². The van der Waals surface area contributed by atoms with Crippen LogP contribution in [0.1, 0.15) is 5.56 Å². The number of thiocarbonyl (C=S) groups is 1. The average Bonchev–Trinajstić information content (AvgIpc) is 2.83. The number of aromatic nitrogens is 3. The standard InChI is InChI=1S/C21H23N7O2S/c1-29-18-10-16-17(11-19(18)30-2)23-14-24-20(16)27-6-8-28(9-7-27)21(31)26-25-13-15-4-3-5-22-12-15/h3-5,10-14H,6-9H2,1-2H3,(H,26,31). The first-order chi connectivity index (χ1) is 15.2. The van der Waals surface area contributed by atoms with Gasteiger partial charge in [0.2, 0.25) is 0 Å². The number of ether oxygens (including phenoxy) is 2. The van der Waals surface area contributed by atoms with Crippen LogP contribution in [0.15, 0.2) is 48.1 Å². The molecule has 0 saturated carbocycles. The van der Waals surface area contributed by atoms with Gasteiger partial charge in [-0.15, -0.1) is 0 Å². The maximum atomic E-state index is 5.49. The van der Waals surface area contributed by atoms with Gasteiger partial charge in [0, 0.05) is 55.6 Å². The molecule has 10 heteroatoms. The van der Waals surface area contributed by atoms with E-state index in [1.54, 1.807) is 39.2 Å². The number of methoxy groups -OCH3 is 2. The number of fused-ring (bicyclic) bond motifs is 1. The molecule has 1 N–H and O–H groups in total.